The van der Waals surface area contributed by atoms with Gasteiger partial charge in [-0.15, -0.1) is 0 Å². The fraction of sp³-hybridized carbons (Fsp3) is 0.417. The van der Waals surface area contributed by atoms with E-state index in [4.69, 9.17) is 5.73 Å². The van der Waals surface area contributed by atoms with Gasteiger partial charge in [-0.1, -0.05) is 24.3 Å². The maximum Gasteiger partial charge on any atom is 0.263 e. The zero-order valence-electron chi connectivity index (χ0n) is 9.20. The van der Waals surface area contributed by atoms with Gasteiger partial charge in [-0.3, -0.25) is 10.1 Å². The molecule has 0 heterocycles. The highest BCUT2D eigenvalue weighted by molar-refractivity contribution is 5.81. The van der Waals surface area contributed by atoms with Gasteiger partial charge < -0.3 is 5.73 Å². The number of nitrogens with two attached hydrogens (primary N) is 1. The minimum atomic E-state index is -2.49. The summed E-state index contributed by atoms with van der Waals surface area (Å²) in [6.45, 7) is 0. The van der Waals surface area contributed by atoms with Crippen LogP contribution in [-0.4, -0.2) is 11.9 Å². The van der Waals surface area contributed by atoms with Crippen LogP contribution in [-0.2, 0) is 4.79 Å². The standard InChI is InChI=1S/C12H14F2N2O/c13-11(14)8-3-1-7(2-4-8)10(12(15)17)16-9-5-6-9/h1-4,9-11,16H,5-6H2,(H2,15,17). The van der Waals surface area contributed by atoms with E-state index in [1.54, 1.807) is 0 Å². The first-order chi connectivity index (χ1) is 8.08. The molecule has 1 aliphatic carbocycles. The summed E-state index contributed by atoms with van der Waals surface area (Å²) in [6, 6.07) is 5.42. The molecule has 1 aliphatic rings. The average molecular weight is 240 g/mol. The van der Waals surface area contributed by atoms with Gasteiger partial charge in [-0.25, -0.2) is 8.78 Å². The molecule has 3 N–H and O–H groups in total. The lowest BCUT2D eigenvalue weighted by molar-refractivity contribution is -0.120. The van der Waals surface area contributed by atoms with E-state index in [9.17, 15) is 13.6 Å². The number of primary amides is 1. The predicted molar refractivity (Wildman–Crippen MR) is 59.5 cm³/mol. The third-order valence-electron chi connectivity index (χ3n) is 2.79. The first-order valence-electron chi connectivity index (χ1n) is 5.51. The molecule has 92 valence electrons. The Morgan fingerprint density at radius 2 is 1.76 bits per heavy atom. The fourth-order valence-corrected chi connectivity index (χ4v) is 1.66. The van der Waals surface area contributed by atoms with Gasteiger partial charge in [0.25, 0.3) is 6.43 Å². The Morgan fingerprint density at radius 1 is 1.24 bits per heavy atom. The molecule has 0 bridgehead atoms. The Bertz CT molecular complexity index is 401. The SMILES string of the molecule is NC(=O)C(NC1CC1)c1ccc(C(F)F)cc1. The van der Waals surface area contributed by atoms with E-state index in [-0.39, 0.29) is 5.56 Å². The number of amides is 1. The second kappa shape index (κ2) is 4.79. The summed E-state index contributed by atoms with van der Waals surface area (Å²) < 4.78 is 24.7. The molecule has 17 heavy (non-hydrogen) atoms. The highest BCUT2D eigenvalue weighted by Gasteiger charge is 2.28. The molecule has 1 unspecified atom stereocenters. The lowest BCUT2D eigenvalue weighted by Crippen LogP contribution is -2.34. The van der Waals surface area contributed by atoms with Crippen LogP contribution in [0, 0.1) is 0 Å². The van der Waals surface area contributed by atoms with Crippen molar-refractivity contribution >= 4 is 5.91 Å². The first-order valence-corrected chi connectivity index (χ1v) is 5.51. The molecule has 0 spiro atoms. The first kappa shape index (κ1) is 12.0. The lowest BCUT2D eigenvalue weighted by atomic mass is 10.0. The number of alkyl halides is 2. The van der Waals surface area contributed by atoms with Crippen LogP contribution >= 0.6 is 0 Å². The molecule has 1 atom stereocenters. The Kier molecular flexibility index (Phi) is 3.38. The monoisotopic (exact) mass is 240 g/mol. The number of hydrogen-bond donors (Lipinski definition) is 2. The number of carbonyl (C=O) groups excluding carboxylic acids is 1. The van der Waals surface area contributed by atoms with Crippen LogP contribution in [0.2, 0.25) is 0 Å². The fourth-order valence-electron chi connectivity index (χ4n) is 1.66. The van der Waals surface area contributed by atoms with E-state index in [0.29, 0.717) is 11.6 Å². The topological polar surface area (TPSA) is 55.1 Å². The molecule has 1 fully saturated rings. The van der Waals surface area contributed by atoms with Gasteiger partial charge in [0.15, 0.2) is 0 Å². The maximum absolute atomic E-state index is 12.4. The van der Waals surface area contributed by atoms with E-state index in [1.807, 2.05) is 0 Å². The molecule has 0 radical (unpaired) electrons. The van der Waals surface area contributed by atoms with Crippen molar-refractivity contribution in [2.45, 2.75) is 31.4 Å². The number of carbonyl (C=O) groups is 1. The van der Waals surface area contributed by atoms with Crippen LogP contribution in [0.25, 0.3) is 0 Å². The Balaban J connectivity index is 2.14. The summed E-state index contributed by atoms with van der Waals surface area (Å²) >= 11 is 0. The smallest absolute Gasteiger partial charge is 0.263 e. The van der Waals surface area contributed by atoms with E-state index in [0.717, 1.165) is 12.8 Å². The van der Waals surface area contributed by atoms with Crippen molar-refractivity contribution < 1.29 is 13.6 Å². The normalized spacial score (nSPS) is 17.1. The van der Waals surface area contributed by atoms with Crippen LogP contribution in [0.4, 0.5) is 8.78 Å². The van der Waals surface area contributed by atoms with Gasteiger partial charge in [-0.2, -0.15) is 0 Å². The Hall–Kier alpha value is -1.49. The number of nitrogens with one attached hydrogen (secondary N) is 1. The van der Waals surface area contributed by atoms with Gasteiger partial charge >= 0.3 is 0 Å². The largest absolute Gasteiger partial charge is 0.368 e. The van der Waals surface area contributed by atoms with Crippen molar-refractivity contribution in [3.05, 3.63) is 35.4 Å². The van der Waals surface area contributed by atoms with Crippen molar-refractivity contribution in [2.75, 3.05) is 0 Å². The molecule has 1 aromatic carbocycles. The molecule has 0 saturated heterocycles. The quantitative estimate of drug-likeness (QED) is 0.826. The van der Waals surface area contributed by atoms with E-state index in [2.05, 4.69) is 5.32 Å². The van der Waals surface area contributed by atoms with Crippen LogP contribution < -0.4 is 11.1 Å². The van der Waals surface area contributed by atoms with E-state index >= 15 is 0 Å². The van der Waals surface area contributed by atoms with Gasteiger partial charge in [0, 0.05) is 11.6 Å². The number of halogens is 2. The third-order valence-corrected chi connectivity index (χ3v) is 2.79. The van der Waals surface area contributed by atoms with Crippen molar-refractivity contribution in [1.82, 2.24) is 5.32 Å². The van der Waals surface area contributed by atoms with Crippen molar-refractivity contribution in [1.29, 1.82) is 0 Å². The van der Waals surface area contributed by atoms with Gasteiger partial charge in [0.1, 0.15) is 6.04 Å². The van der Waals surface area contributed by atoms with E-state index < -0.39 is 18.4 Å². The molecular weight excluding hydrogens is 226 g/mol. The number of hydrogen-bond acceptors (Lipinski definition) is 2. The maximum atomic E-state index is 12.4. The molecule has 3 nitrogen and oxygen atoms in total. The molecular formula is C12H14F2N2O. The second-order valence-corrected chi connectivity index (χ2v) is 4.24. The highest BCUT2D eigenvalue weighted by atomic mass is 19.3. The molecule has 0 aromatic heterocycles. The number of rotatable bonds is 5. The van der Waals surface area contributed by atoms with Crippen LogP contribution in [0.5, 0.6) is 0 Å². The van der Waals surface area contributed by atoms with Gasteiger partial charge in [0.05, 0.1) is 0 Å². The minimum Gasteiger partial charge on any atom is -0.368 e. The zero-order chi connectivity index (χ0) is 12.4. The van der Waals surface area contributed by atoms with Gasteiger partial charge in [0.2, 0.25) is 5.91 Å². The summed E-state index contributed by atoms with van der Waals surface area (Å²) in [6.07, 6.45) is -0.440. The van der Waals surface area contributed by atoms with Crippen LogP contribution in [0.15, 0.2) is 24.3 Å². The van der Waals surface area contributed by atoms with Crippen LogP contribution in [0.3, 0.4) is 0 Å². The molecule has 2 rings (SSSR count). The third kappa shape index (κ3) is 3.00. The minimum absolute atomic E-state index is 0.0524. The Morgan fingerprint density at radius 3 is 2.18 bits per heavy atom. The van der Waals surface area contributed by atoms with Crippen molar-refractivity contribution in [3.63, 3.8) is 0 Å². The van der Waals surface area contributed by atoms with Crippen molar-refractivity contribution in [3.8, 4) is 0 Å². The number of benzene rings is 1. The van der Waals surface area contributed by atoms with Crippen molar-refractivity contribution in [2.24, 2.45) is 5.73 Å². The molecule has 1 amide bonds. The molecule has 0 aliphatic heterocycles. The Labute approximate surface area is 98.0 Å². The molecule has 5 heteroatoms. The highest BCUT2D eigenvalue weighted by Crippen LogP contribution is 2.25. The average Bonchev–Trinajstić information content (AvgIpc) is 3.09. The van der Waals surface area contributed by atoms with Gasteiger partial charge in [-0.05, 0) is 18.4 Å². The summed E-state index contributed by atoms with van der Waals surface area (Å²) in [5.74, 6) is -0.485. The lowest BCUT2D eigenvalue weighted by Gasteiger charge is -2.15. The summed E-state index contributed by atoms with van der Waals surface area (Å²) in [5, 5.41) is 3.09. The molecule has 1 saturated carbocycles. The van der Waals surface area contributed by atoms with E-state index in [1.165, 1.54) is 24.3 Å². The zero-order valence-corrected chi connectivity index (χ0v) is 9.20. The molecule has 1 aromatic rings. The summed E-state index contributed by atoms with van der Waals surface area (Å²) in [5.41, 5.74) is 5.87. The summed E-state index contributed by atoms with van der Waals surface area (Å²) in [7, 11) is 0. The summed E-state index contributed by atoms with van der Waals surface area (Å²) in [4.78, 5) is 11.3. The second-order valence-electron chi connectivity index (χ2n) is 4.24. The predicted octanol–water partition coefficient (Wildman–Crippen LogP) is 1.90. The van der Waals surface area contributed by atoms with Crippen LogP contribution in [0.1, 0.15) is 36.4 Å².